The highest BCUT2D eigenvalue weighted by atomic mass is 35.5. The molecule has 0 aliphatic carbocycles. The highest BCUT2D eigenvalue weighted by Gasteiger charge is 2.51. The van der Waals surface area contributed by atoms with Gasteiger partial charge in [0, 0.05) is 31.7 Å². The lowest BCUT2D eigenvalue weighted by molar-refractivity contribution is -0.136. The fourth-order valence-electron chi connectivity index (χ4n) is 12.7. The van der Waals surface area contributed by atoms with Crippen molar-refractivity contribution in [3.05, 3.63) is 202 Å². The number of alkyl halides is 11. The summed E-state index contributed by atoms with van der Waals surface area (Å²) in [7, 11) is 0. The molecule has 0 fully saturated rings. The van der Waals surface area contributed by atoms with Crippen molar-refractivity contribution in [2.45, 2.75) is 126 Å². The number of benzene rings is 2. The van der Waals surface area contributed by atoms with E-state index in [1.54, 1.807) is 0 Å². The minimum Gasteiger partial charge on any atom is -0.309 e. The second kappa shape index (κ2) is 27.8. The Bertz CT molecular complexity index is 5820. The van der Waals surface area contributed by atoms with Gasteiger partial charge in [-0.2, -0.15) is 54.8 Å². The maximum Gasteiger partial charge on any atom is 0.389 e. The van der Waals surface area contributed by atoms with Gasteiger partial charge in [0.25, 0.3) is 22.6 Å². The molecule has 564 valence electrons. The number of aryl methyl sites for hydroxylation is 3. The largest absolute Gasteiger partial charge is 0.389 e. The van der Waals surface area contributed by atoms with E-state index in [1.807, 2.05) is 0 Å². The summed E-state index contributed by atoms with van der Waals surface area (Å²) in [5, 5.41) is 19.6. The Morgan fingerprint density at radius 3 is 1.16 bits per heavy atom. The van der Waals surface area contributed by atoms with Gasteiger partial charge in [-0.3, -0.25) is 33.8 Å². The van der Waals surface area contributed by atoms with Crippen LogP contribution in [-0.2, 0) is 55.8 Å². The van der Waals surface area contributed by atoms with Gasteiger partial charge >= 0.3 is 18.5 Å². The monoisotopic (exact) mass is 1540 g/mol. The fraction of sp³-hybridized carbons (Fsp3) is 0.299. The van der Waals surface area contributed by atoms with Gasteiger partial charge in [0.05, 0.1) is 69.3 Å². The van der Waals surface area contributed by atoms with E-state index >= 15 is 0 Å². The first kappa shape index (κ1) is 74.9. The molecular formula is C67H52ClF13N22O6. The molecule has 12 aromatic rings. The molecule has 10 aromatic heterocycles. The maximum absolute atomic E-state index is 14.1. The van der Waals surface area contributed by atoms with Crippen molar-refractivity contribution < 1.29 is 71.5 Å². The van der Waals surface area contributed by atoms with Crippen LogP contribution >= 0.6 is 11.6 Å². The third kappa shape index (κ3) is 14.6. The number of anilines is 3. The topological polar surface area (TPSA) is 367 Å². The molecular weight excluding hydrogens is 1490 g/mol. The SMILES string of the molecule is CC(F)(F)c1ccc(C2(C)C(=O)Nc3nc(-c4cn5ncnc5c(CCCC(F)(F)F)n4)[nH]c(=O)c32)cc1.CC1(c2ccc(Cl)c(F)c2)C(=O)Nc2nc(-c3cn4ncnc4c(CCCC(F)(F)F)n3)[nH]c(=O)c21.CC1(c2ccc(F)cn2)C(=O)Nc2nc(-c3cn4ncnc4c(CCCC(F)(F)F)n3)[nH]c(=O)c21. The predicted octanol–water partition coefficient (Wildman–Crippen LogP) is 10.5. The van der Waals surface area contributed by atoms with Gasteiger partial charge in [-0.25, -0.2) is 76.0 Å². The van der Waals surface area contributed by atoms with Gasteiger partial charge in [0.2, 0.25) is 17.7 Å². The molecule has 13 heterocycles. The number of halogens is 14. The quantitative estimate of drug-likeness (QED) is 0.0489. The molecule has 0 radical (unpaired) electrons. The molecule has 3 amide bonds. The van der Waals surface area contributed by atoms with E-state index < -0.39 is 106 Å². The number of aromatic nitrogens is 19. The van der Waals surface area contributed by atoms with E-state index in [-0.39, 0.29) is 163 Å². The van der Waals surface area contributed by atoms with Crippen LogP contribution in [0, 0.1) is 11.6 Å². The van der Waals surface area contributed by atoms with Crippen molar-refractivity contribution in [3.63, 3.8) is 0 Å². The summed E-state index contributed by atoms with van der Waals surface area (Å²) in [4.78, 5) is 128. The maximum atomic E-state index is 14.1. The van der Waals surface area contributed by atoms with Crippen molar-refractivity contribution in [3.8, 4) is 34.6 Å². The summed E-state index contributed by atoms with van der Waals surface area (Å²) >= 11 is 5.76. The Morgan fingerprint density at radius 2 is 0.807 bits per heavy atom. The highest BCUT2D eigenvalue weighted by molar-refractivity contribution is 6.30. The normalized spacial score (nSPS) is 17.5. The first-order chi connectivity index (χ1) is 51.3. The third-order valence-electron chi connectivity index (χ3n) is 18.4. The Morgan fingerprint density at radius 1 is 0.450 bits per heavy atom. The van der Waals surface area contributed by atoms with Crippen molar-refractivity contribution >= 4 is 63.7 Å². The van der Waals surface area contributed by atoms with E-state index in [0.29, 0.717) is 5.56 Å². The molecule has 3 aliphatic heterocycles. The van der Waals surface area contributed by atoms with Gasteiger partial charge < -0.3 is 30.9 Å². The molecule has 3 atom stereocenters. The zero-order valence-electron chi connectivity index (χ0n) is 56.5. The molecule has 15 rings (SSSR count). The first-order valence-corrected chi connectivity index (χ1v) is 32.9. The van der Waals surface area contributed by atoms with E-state index in [4.69, 9.17) is 11.6 Å². The second-order valence-corrected chi connectivity index (χ2v) is 26.2. The van der Waals surface area contributed by atoms with Crippen LogP contribution in [0.4, 0.5) is 74.5 Å². The van der Waals surface area contributed by atoms with Crippen LogP contribution in [0.3, 0.4) is 0 Å². The fourth-order valence-corrected chi connectivity index (χ4v) is 12.9. The Labute approximate surface area is 605 Å². The summed E-state index contributed by atoms with van der Waals surface area (Å²) in [6.45, 7) is 5.18. The molecule has 109 heavy (non-hydrogen) atoms. The van der Waals surface area contributed by atoms with Crippen LogP contribution in [0.2, 0.25) is 5.02 Å². The van der Waals surface area contributed by atoms with E-state index in [9.17, 15) is 85.8 Å². The number of H-pyrrole nitrogens is 3. The number of rotatable bonds is 16. The number of pyridine rings is 1. The van der Waals surface area contributed by atoms with E-state index in [2.05, 4.69) is 96.0 Å². The minimum absolute atomic E-state index is 0.00223. The number of aromatic amines is 3. The van der Waals surface area contributed by atoms with Crippen molar-refractivity contribution in [1.82, 2.24) is 93.6 Å². The molecule has 0 saturated carbocycles. The molecule has 0 bridgehead atoms. The summed E-state index contributed by atoms with van der Waals surface area (Å²) in [5.41, 5.74) is -4.32. The zero-order chi connectivity index (χ0) is 78.2. The lowest BCUT2D eigenvalue weighted by Gasteiger charge is -2.22. The molecule has 6 N–H and O–H groups in total. The predicted molar refractivity (Wildman–Crippen MR) is 358 cm³/mol. The minimum atomic E-state index is -4.32. The average Bonchev–Trinajstić information content (AvgIpc) is 1.60. The highest BCUT2D eigenvalue weighted by Crippen LogP contribution is 2.44. The molecule has 42 heteroatoms. The standard InChI is InChI=1S/C24H20F5N7O2.C22H16ClF4N7O2.C21H16F4N8O2/c1-22(12-5-7-13(8-6-12)23(2,25)26)16-18(35-21(22)38)33-17(34-20(16)37)15-10-36-19(30-11-31-36)14(32-15)4-3-9-24(27,28)29;1-21(10-4-5-11(23)12(24)7-10)15-17(33-20(21)36)31-16(32-19(15)35)14-8-34-18(28-9-29-34)13(30-14)3-2-6-22(25,26)27;1-20(13-5-4-10(22)7-26-13)14-16(32-19(20)35)30-15(31-18(14)34)12-8-33-17(27-9-28-33)11(29-12)3-2-6-21(23,24)25/h5-8,10-11H,3-4,9H2,1-2H3,(H2,33,34,35,37,38);4-5,7-9H,2-3,6H2,1H3,(H2,31,32,33,35,36);4-5,7-9H,2-3,6H2,1H3,(H2,30,31,32,34,35). The molecule has 0 saturated heterocycles. The number of nitrogens with zero attached hydrogens (tertiary/aromatic N) is 16. The average molecular weight is 1540 g/mol. The van der Waals surface area contributed by atoms with E-state index in [0.717, 1.165) is 25.3 Å². The number of nitrogens with one attached hydrogen (secondary N) is 6. The summed E-state index contributed by atoms with van der Waals surface area (Å²) in [6, 6.07) is 11.4. The summed E-state index contributed by atoms with van der Waals surface area (Å²) < 4.78 is 172. The van der Waals surface area contributed by atoms with Gasteiger partial charge in [-0.05, 0) is 94.7 Å². The Hall–Kier alpha value is -12.3. The number of hydrogen-bond acceptors (Lipinski definition) is 19. The second-order valence-electron chi connectivity index (χ2n) is 25.8. The summed E-state index contributed by atoms with van der Waals surface area (Å²) in [5.74, 6) is -6.40. The zero-order valence-corrected chi connectivity index (χ0v) is 57.3. The van der Waals surface area contributed by atoms with Crippen molar-refractivity contribution in [2.75, 3.05) is 16.0 Å². The number of carbonyl (C=O) groups is 3. The van der Waals surface area contributed by atoms with Crippen LogP contribution < -0.4 is 32.6 Å². The molecule has 0 spiro atoms. The Kier molecular flexibility index (Phi) is 19.1. The summed E-state index contributed by atoms with van der Waals surface area (Å²) in [6.07, 6.45) is -7.87. The molecule has 3 unspecified atom stereocenters. The van der Waals surface area contributed by atoms with Gasteiger partial charge in [0.1, 0.15) is 81.4 Å². The molecule has 2 aromatic carbocycles. The van der Waals surface area contributed by atoms with Crippen molar-refractivity contribution in [2.24, 2.45) is 0 Å². The number of amides is 3. The number of hydrogen-bond donors (Lipinski definition) is 6. The third-order valence-corrected chi connectivity index (χ3v) is 18.7. The van der Waals surface area contributed by atoms with Crippen LogP contribution in [0.1, 0.15) is 122 Å². The van der Waals surface area contributed by atoms with Crippen LogP contribution in [0.15, 0.2) is 113 Å². The Balaban J connectivity index is 0.000000144. The van der Waals surface area contributed by atoms with Crippen LogP contribution in [0.25, 0.3) is 51.5 Å². The lowest BCUT2D eigenvalue weighted by atomic mass is 9.78. The molecule has 28 nitrogen and oxygen atoms in total. The van der Waals surface area contributed by atoms with Gasteiger partial charge in [-0.1, -0.05) is 41.9 Å². The smallest absolute Gasteiger partial charge is 0.309 e. The van der Waals surface area contributed by atoms with Gasteiger partial charge in [-0.15, -0.1) is 0 Å². The number of fused-ring (bicyclic) bond motifs is 6. The van der Waals surface area contributed by atoms with E-state index in [1.165, 1.54) is 114 Å². The molecule has 3 aliphatic rings. The van der Waals surface area contributed by atoms with Gasteiger partial charge in [0.15, 0.2) is 34.4 Å². The van der Waals surface area contributed by atoms with Crippen LogP contribution in [-0.4, -0.2) is 130 Å². The lowest BCUT2D eigenvalue weighted by Crippen LogP contribution is -2.37. The van der Waals surface area contributed by atoms with Crippen LogP contribution in [0.5, 0.6) is 0 Å². The number of carbonyl (C=O) groups excluding carboxylic acids is 3. The first-order valence-electron chi connectivity index (χ1n) is 32.5. The van der Waals surface area contributed by atoms with Crippen molar-refractivity contribution in [1.29, 1.82) is 0 Å².